The van der Waals surface area contributed by atoms with Crippen LogP contribution in [-0.4, -0.2) is 9.38 Å². The number of hydrogen-bond acceptors (Lipinski definition) is 1. The predicted molar refractivity (Wildman–Crippen MR) is 52.6 cm³/mol. The van der Waals surface area contributed by atoms with Crippen LogP contribution in [-0.2, 0) is 6.18 Å². The van der Waals surface area contributed by atoms with Gasteiger partial charge < -0.3 is 0 Å². The van der Waals surface area contributed by atoms with Gasteiger partial charge in [-0.3, -0.25) is 4.40 Å². The summed E-state index contributed by atoms with van der Waals surface area (Å²) in [5, 5.41) is 0. The highest BCUT2D eigenvalue weighted by Crippen LogP contribution is 2.30. The van der Waals surface area contributed by atoms with Crippen LogP contribution in [0.1, 0.15) is 11.3 Å². The summed E-state index contributed by atoms with van der Waals surface area (Å²) in [6.07, 6.45) is -3.30. The zero-order valence-corrected chi connectivity index (χ0v) is 9.22. The lowest BCUT2D eigenvalue weighted by Crippen LogP contribution is -2.06. The lowest BCUT2D eigenvalue weighted by molar-refractivity contribution is -0.137. The molecule has 0 aliphatic heterocycles. The normalized spacial score (nSPS) is 12.3. The Morgan fingerprint density at radius 2 is 2.00 bits per heavy atom. The summed E-state index contributed by atoms with van der Waals surface area (Å²) in [6, 6.07) is 2.37. The van der Waals surface area contributed by atoms with Crippen molar-refractivity contribution in [2.45, 2.75) is 13.1 Å². The molecule has 0 N–H and O–H groups in total. The topological polar surface area (TPSA) is 17.3 Å². The second kappa shape index (κ2) is 3.23. The van der Waals surface area contributed by atoms with Gasteiger partial charge in [0.1, 0.15) is 10.3 Å². The quantitative estimate of drug-likeness (QED) is 0.722. The van der Waals surface area contributed by atoms with Crippen molar-refractivity contribution in [2.75, 3.05) is 0 Å². The molecule has 0 bridgehead atoms. The molecule has 2 rings (SSSR count). The minimum atomic E-state index is -4.33. The number of alkyl halides is 3. The number of aryl methyl sites for hydroxylation is 1. The maximum Gasteiger partial charge on any atom is 0.417 e. The summed E-state index contributed by atoms with van der Waals surface area (Å²) in [7, 11) is 0. The Morgan fingerprint density at radius 3 is 2.60 bits per heavy atom. The van der Waals surface area contributed by atoms with Crippen LogP contribution < -0.4 is 0 Å². The molecule has 2 aromatic rings. The fourth-order valence-electron chi connectivity index (χ4n) is 1.30. The first-order valence-electron chi connectivity index (χ1n) is 4.11. The van der Waals surface area contributed by atoms with Crippen LogP contribution >= 0.6 is 15.9 Å². The van der Waals surface area contributed by atoms with Crippen molar-refractivity contribution >= 4 is 21.6 Å². The van der Waals surface area contributed by atoms with Gasteiger partial charge in [0.2, 0.25) is 0 Å². The van der Waals surface area contributed by atoms with Crippen molar-refractivity contribution < 1.29 is 13.2 Å². The lowest BCUT2D eigenvalue weighted by atomic mass is 10.3. The molecule has 6 heteroatoms. The van der Waals surface area contributed by atoms with E-state index >= 15 is 0 Å². The Labute approximate surface area is 91.9 Å². The second-order valence-corrected chi connectivity index (χ2v) is 3.88. The molecular formula is C9H6BrF3N2. The number of rotatable bonds is 0. The SMILES string of the molecule is Cc1nc2ccc(C(F)(F)F)cn2c1Br. The van der Waals surface area contributed by atoms with Crippen LogP contribution in [0.5, 0.6) is 0 Å². The molecule has 0 amide bonds. The first-order chi connectivity index (χ1) is 6.89. The molecule has 0 saturated carbocycles. The van der Waals surface area contributed by atoms with E-state index in [4.69, 9.17) is 0 Å². The van der Waals surface area contributed by atoms with E-state index in [-0.39, 0.29) is 0 Å². The van der Waals surface area contributed by atoms with Crippen LogP contribution in [0, 0.1) is 6.92 Å². The van der Waals surface area contributed by atoms with Crippen molar-refractivity contribution in [3.8, 4) is 0 Å². The van der Waals surface area contributed by atoms with Crippen LogP contribution in [0.2, 0.25) is 0 Å². The first kappa shape index (κ1) is 10.5. The van der Waals surface area contributed by atoms with Gasteiger partial charge in [0, 0.05) is 6.20 Å². The van der Waals surface area contributed by atoms with Crippen LogP contribution in [0.25, 0.3) is 5.65 Å². The highest BCUT2D eigenvalue weighted by Gasteiger charge is 2.31. The number of aromatic nitrogens is 2. The number of nitrogens with zero attached hydrogens (tertiary/aromatic N) is 2. The molecule has 80 valence electrons. The zero-order valence-electron chi connectivity index (χ0n) is 7.64. The minimum Gasteiger partial charge on any atom is -0.293 e. The van der Waals surface area contributed by atoms with Gasteiger partial charge >= 0.3 is 6.18 Å². The second-order valence-electron chi connectivity index (χ2n) is 3.13. The standard InChI is InChI=1S/C9H6BrF3N2/c1-5-8(10)15-4-6(9(11,12)13)2-3-7(15)14-5/h2-4H,1H3. The average molecular weight is 279 g/mol. The van der Waals surface area contributed by atoms with E-state index in [9.17, 15) is 13.2 Å². The van der Waals surface area contributed by atoms with E-state index < -0.39 is 11.7 Å². The largest absolute Gasteiger partial charge is 0.417 e. The number of fused-ring (bicyclic) bond motifs is 1. The van der Waals surface area contributed by atoms with Crippen LogP contribution in [0.15, 0.2) is 22.9 Å². The van der Waals surface area contributed by atoms with E-state index in [0.29, 0.717) is 15.9 Å². The van der Waals surface area contributed by atoms with Gasteiger partial charge in [0.05, 0.1) is 11.3 Å². The van der Waals surface area contributed by atoms with Crippen molar-refractivity contribution in [1.82, 2.24) is 9.38 Å². The molecule has 15 heavy (non-hydrogen) atoms. The Bertz CT molecular complexity index is 516. The van der Waals surface area contributed by atoms with Crippen LogP contribution in [0.3, 0.4) is 0 Å². The molecule has 0 atom stereocenters. The van der Waals surface area contributed by atoms with Gasteiger partial charge in [-0.2, -0.15) is 13.2 Å². The Morgan fingerprint density at radius 1 is 1.33 bits per heavy atom. The van der Waals surface area contributed by atoms with Gasteiger partial charge in [-0.25, -0.2) is 4.98 Å². The van der Waals surface area contributed by atoms with Gasteiger partial charge in [-0.1, -0.05) is 0 Å². The van der Waals surface area contributed by atoms with Gasteiger partial charge in [-0.05, 0) is 35.0 Å². The Hall–Kier alpha value is -1.04. The summed E-state index contributed by atoms with van der Waals surface area (Å²) in [5.74, 6) is 0. The van der Waals surface area contributed by atoms with Crippen molar-refractivity contribution in [3.05, 3.63) is 34.2 Å². The average Bonchev–Trinajstić information content (AvgIpc) is 2.41. The summed E-state index contributed by atoms with van der Waals surface area (Å²) in [5.41, 5.74) is 0.467. The van der Waals surface area contributed by atoms with E-state index in [1.54, 1.807) is 6.92 Å². The fourth-order valence-corrected chi connectivity index (χ4v) is 1.67. The molecule has 0 aliphatic rings. The molecular weight excluding hydrogens is 273 g/mol. The van der Waals surface area contributed by atoms with Gasteiger partial charge in [0.25, 0.3) is 0 Å². The number of hydrogen-bond donors (Lipinski definition) is 0. The Balaban J connectivity index is 2.70. The maximum atomic E-state index is 12.4. The van der Waals surface area contributed by atoms with Crippen molar-refractivity contribution in [3.63, 3.8) is 0 Å². The van der Waals surface area contributed by atoms with Gasteiger partial charge in [0.15, 0.2) is 0 Å². The smallest absolute Gasteiger partial charge is 0.293 e. The van der Waals surface area contributed by atoms with Gasteiger partial charge in [-0.15, -0.1) is 0 Å². The van der Waals surface area contributed by atoms with Crippen LogP contribution in [0.4, 0.5) is 13.2 Å². The lowest BCUT2D eigenvalue weighted by Gasteiger charge is -2.06. The zero-order chi connectivity index (χ0) is 11.2. The molecule has 0 saturated heterocycles. The molecule has 2 heterocycles. The third-order valence-electron chi connectivity index (χ3n) is 2.05. The Kier molecular flexibility index (Phi) is 2.26. The number of halogens is 4. The third-order valence-corrected chi connectivity index (χ3v) is 3.00. The highest BCUT2D eigenvalue weighted by molar-refractivity contribution is 9.10. The molecule has 0 aromatic carbocycles. The fraction of sp³-hybridized carbons (Fsp3) is 0.222. The number of imidazole rings is 1. The summed E-state index contributed by atoms with van der Waals surface area (Å²) >= 11 is 3.18. The number of pyridine rings is 1. The third kappa shape index (κ3) is 1.73. The summed E-state index contributed by atoms with van der Waals surface area (Å²) in [6.45, 7) is 1.73. The molecule has 0 aliphatic carbocycles. The van der Waals surface area contributed by atoms with E-state index in [2.05, 4.69) is 20.9 Å². The molecule has 2 aromatic heterocycles. The summed E-state index contributed by atoms with van der Waals surface area (Å²) < 4.78 is 39.1. The molecule has 0 unspecified atom stereocenters. The maximum absolute atomic E-state index is 12.4. The van der Waals surface area contributed by atoms with E-state index in [1.165, 1.54) is 10.5 Å². The first-order valence-corrected chi connectivity index (χ1v) is 4.90. The van der Waals surface area contributed by atoms with Crippen molar-refractivity contribution in [2.24, 2.45) is 0 Å². The monoisotopic (exact) mass is 278 g/mol. The van der Waals surface area contributed by atoms with E-state index in [1.807, 2.05) is 0 Å². The molecule has 0 radical (unpaired) electrons. The molecule has 0 spiro atoms. The molecule has 2 nitrogen and oxygen atoms in total. The highest BCUT2D eigenvalue weighted by atomic mass is 79.9. The summed E-state index contributed by atoms with van der Waals surface area (Å²) in [4.78, 5) is 4.08. The minimum absolute atomic E-state index is 0.493. The predicted octanol–water partition coefficient (Wildman–Crippen LogP) is 3.42. The van der Waals surface area contributed by atoms with Crippen molar-refractivity contribution in [1.29, 1.82) is 0 Å². The molecule has 0 fully saturated rings. The van der Waals surface area contributed by atoms with E-state index in [0.717, 1.165) is 12.3 Å².